The van der Waals surface area contributed by atoms with Crippen LogP contribution in [0.1, 0.15) is 6.92 Å². The van der Waals surface area contributed by atoms with E-state index < -0.39 is 5.97 Å². The van der Waals surface area contributed by atoms with Crippen LogP contribution in [0.3, 0.4) is 0 Å². The van der Waals surface area contributed by atoms with Gasteiger partial charge in [0.2, 0.25) is 0 Å². The summed E-state index contributed by atoms with van der Waals surface area (Å²) in [7, 11) is 0. The van der Waals surface area contributed by atoms with Gasteiger partial charge in [0.1, 0.15) is 0 Å². The summed E-state index contributed by atoms with van der Waals surface area (Å²) in [6.07, 6.45) is 0. The van der Waals surface area contributed by atoms with Crippen molar-refractivity contribution in [3.8, 4) is 0 Å². The fourth-order valence-electron chi connectivity index (χ4n) is 0.684. The van der Waals surface area contributed by atoms with Gasteiger partial charge in [-0.25, -0.2) is 0 Å². The molecule has 17 heavy (non-hydrogen) atoms. The monoisotopic (exact) mass is 278 g/mol. The molecule has 2 rings (SSSR count). The molecular weight excluding hydrogens is 266 g/mol. The summed E-state index contributed by atoms with van der Waals surface area (Å²) in [4.78, 5) is 9.00. The second-order valence-corrected chi connectivity index (χ2v) is 2.67. The Morgan fingerprint density at radius 2 is 1.06 bits per heavy atom. The van der Waals surface area contributed by atoms with Crippen molar-refractivity contribution in [3.05, 3.63) is 72.8 Å². The van der Waals surface area contributed by atoms with Crippen molar-refractivity contribution < 1.29 is 29.4 Å². The number of carboxylic acids is 1. The third-order valence-corrected chi connectivity index (χ3v) is 1.21. The average Bonchev–Trinajstić information content (AvgIpc) is 2.34. The van der Waals surface area contributed by atoms with E-state index in [1.807, 2.05) is 60.7 Å². The molecule has 0 aliphatic heterocycles. The molecule has 0 saturated heterocycles. The van der Waals surface area contributed by atoms with Gasteiger partial charge in [0.15, 0.2) is 0 Å². The zero-order chi connectivity index (χ0) is 12.1. The van der Waals surface area contributed by atoms with Gasteiger partial charge in [0.25, 0.3) is 5.97 Å². The van der Waals surface area contributed by atoms with Crippen LogP contribution in [0.4, 0.5) is 0 Å². The molecule has 0 heterocycles. The molecule has 0 unspecified atom stereocenters. The molecule has 0 saturated carbocycles. The molecule has 2 nitrogen and oxygen atoms in total. The van der Waals surface area contributed by atoms with Gasteiger partial charge < -0.3 is 5.11 Å². The number of carboxylic acid groups (broad SMARTS) is 1. The van der Waals surface area contributed by atoms with Gasteiger partial charge in [0, 0.05) is 6.92 Å². The molecular formula is C14H14O2Zn. The standard InChI is InChI=1S/2C6H5.C2H4O2.Zn/c2*1-2-4-6-5-3-1;1-2(3)4;/h2*1-5H;1H3,(H,3,4);/q2*-1;;+2. The van der Waals surface area contributed by atoms with E-state index >= 15 is 0 Å². The first-order valence-electron chi connectivity index (χ1n) is 4.75. The number of aliphatic carboxylic acids is 1. The van der Waals surface area contributed by atoms with E-state index in [2.05, 4.69) is 12.1 Å². The van der Waals surface area contributed by atoms with Crippen LogP contribution in [0, 0.1) is 12.1 Å². The maximum absolute atomic E-state index is 9.00. The summed E-state index contributed by atoms with van der Waals surface area (Å²) in [5, 5.41) is 7.42. The fourth-order valence-corrected chi connectivity index (χ4v) is 0.684. The summed E-state index contributed by atoms with van der Waals surface area (Å²) < 4.78 is 0. The van der Waals surface area contributed by atoms with E-state index in [4.69, 9.17) is 9.90 Å². The average molecular weight is 280 g/mol. The second kappa shape index (κ2) is 14.5. The van der Waals surface area contributed by atoms with Crippen LogP contribution in [0.25, 0.3) is 0 Å². The molecule has 0 spiro atoms. The van der Waals surface area contributed by atoms with Crippen molar-refractivity contribution in [2.75, 3.05) is 0 Å². The van der Waals surface area contributed by atoms with E-state index in [0.29, 0.717) is 0 Å². The van der Waals surface area contributed by atoms with Crippen LogP contribution in [-0.2, 0) is 24.3 Å². The number of rotatable bonds is 0. The van der Waals surface area contributed by atoms with Crippen LogP contribution in [-0.4, -0.2) is 11.1 Å². The summed E-state index contributed by atoms with van der Waals surface area (Å²) >= 11 is 0. The van der Waals surface area contributed by atoms with Crippen molar-refractivity contribution >= 4 is 5.97 Å². The van der Waals surface area contributed by atoms with Crippen LogP contribution in [0.5, 0.6) is 0 Å². The minimum absolute atomic E-state index is 0. The van der Waals surface area contributed by atoms with Crippen LogP contribution >= 0.6 is 0 Å². The number of hydrogen-bond donors (Lipinski definition) is 1. The van der Waals surface area contributed by atoms with E-state index in [0.717, 1.165) is 6.92 Å². The second-order valence-electron chi connectivity index (χ2n) is 2.67. The van der Waals surface area contributed by atoms with Crippen LogP contribution in [0.2, 0.25) is 0 Å². The molecule has 1 N–H and O–H groups in total. The summed E-state index contributed by atoms with van der Waals surface area (Å²) in [6, 6.07) is 25.0. The number of carbonyl (C=O) groups is 1. The molecule has 2 aromatic carbocycles. The normalized spacial score (nSPS) is 7.12. The molecule has 0 aliphatic carbocycles. The SMILES string of the molecule is CC(=O)O.[Zn+2].[c-]1ccccc1.[c-]1ccccc1. The Morgan fingerprint density at radius 3 is 1.12 bits per heavy atom. The molecule has 0 amide bonds. The van der Waals surface area contributed by atoms with Gasteiger partial charge >= 0.3 is 19.5 Å². The van der Waals surface area contributed by atoms with Gasteiger partial charge in [-0.15, -0.1) is 0 Å². The smallest absolute Gasteiger partial charge is 0.481 e. The summed E-state index contributed by atoms with van der Waals surface area (Å²) in [6.45, 7) is 1.08. The van der Waals surface area contributed by atoms with E-state index in [1.165, 1.54) is 0 Å². The number of hydrogen-bond acceptors (Lipinski definition) is 1. The Balaban J connectivity index is 0. The Kier molecular flexibility index (Phi) is 15.3. The molecule has 2 aromatic rings. The quantitative estimate of drug-likeness (QED) is 0.594. The van der Waals surface area contributed by atoms with E-state index in [-0.39, 0.29) is 19.5 Å². The molecule has 84 valence electrons. The first-order valence-corrected chi connectivity index (χ1v) is 4.75. The molecule has 0 bridgehead atoms. The Bertz CT molecular complexity index is 260. The first-order chi connectivity index (χ1) is 7.73. The zero-order valence-corrected chi connectivity index (χ0v) is 12.8. The van der Waals surface area contributed by atoms with Crippen LogP contribution < -0.4 is 0 Å². The number of benzene rings is 2. The molecule has 0 aliphatic rings. The molecule has 0 radical (unpaired) electrons. The Hall–Kier alpha value is -1.47. The van der Waals surface area contributed by atoms with Crippen molar-refractivity contribution in [2.45, 2.75) is 6.92 Å². The van der Waals surface area contributed by atoms with E-state index in [9.17, 15) is 0 Å². The van der Waals surface area contributed by atoms with Gasteiger partial charge in [-0.2, -0.15) is 72.8 Å². The predicted molar refractivity (Wildman–Crippen MR) is 63.9 cm³/mol. The first kappa shape index (κ1) is 17.9. The molecule has 0 fully saturated rings. The summed E-state index contributed by atoms with van der Waals surface area (Å²) in [5.41, 5.74) is 0. The van der Waals surface area contributed by atoms with Crippen molar-refractivity contribution in [1.82, 2.24) is 0 Å². The van der Waals surface area contributed by atoms with Gasteiger partial charge in [-0.3, -0.25) is 4.79 Å². The Morgan fingerprint density at radius 1 is 0.824 bits per heavy atom. The molecule has 0 aromatic heterocycles. The maximum atomic E-state index is 9.00. The molecule has 0 atom stereocenters. The molecule has 3 heteroatoms. The third-order valence-electron chi connectivity index (χ3n) is 1.21. The van der Waals surface area contributed by atoms with Crippen molar-refractivity contribution in [2.24, 2.45) is 0 Å². The third kappa shape index (κ3) is 20.6. The van der Waals surface area contributed by atoms with Gasteiger partial charge in [0.05, 0.1) is 0 Å². The summed E-state index contributed by atoms with van der Waals surface area (Å²) in [5.74, 6) is -0.833. The minimum atomic E-state index is -0.833. The predicted octanol–water partition coefficient (Wildman–Crippen LogP) is 3.06. The topological polar surface area (TPSA) is 37.3 Å². The zero-order valence-electron chi connectivity index (χ0n) is 9.84. The largest absolute Gasteiger partial charge is 2.00 e. The van der Waals surface area contributed by atoms with Crippen LogP contribution in [0.15, 0.2) is 60.7 Å². The van der Waals surface area contributed by atoms with Gasteiger partial charge in [-0.05, 0) is 0 Å². The van der Waals surface area contributed by atoms with Gasteiger partial charge in [-0.1, -0.05) is 0 Å². The fraction of sp³-hybridized carbons (Fsp3) is 0.0714. The van der Waals surface area contributed by atoms with Crippen molar-refractivity contribution in [3.63, 3.8) is 0 Å². The van der Waals surface area contributed by atoms with Crippen molar-refractivity contribution in [1.29, 1.82) is 0 Å². The minimum Gasteiger partial charge on any atom is -0.481 e. The van der Waals surface area contributed by atoms with E-state index in [1.54, 1.807) is 0 Å². The maximum Gasteiger partial charge on any atom is 2.00 e. The Labute approximate surface area is 115 Å².